The highest BCUT2D eigenvalue weighted by molar-refractivity contribution is 5.62. The van der Waals surface area contributed by atoms with Crippen LogP contribution in [0, 0.1) is 22.9 Å². The molecule has 1 N–H and O–H groups in total. The summed E-state index contributed by atoms with van der Waals surface area (Å²) in [6, 6.07) is 6.58. The van der Waals surface area contributed by atoms with E-state index in [9.17, 15) is 14.5 Å². The third kappa shape index (κ3) is 2.90. The minimum absolute atomic E-state index is 0.131. The summed E-state index contributed by atoms with van der Waals surface area (Å²) in [6.07, 6.45) is 0. The number of nitrogens with one attached hydrogen (secondary N) is 1. The summed E-state index contributed by atoms with van der Waals surface area (Å²) in [5, 5.41) is 13.8. The predicted octanol–water partition coefficient (Wildman–Crippen LogP) is 3.81. The van der Waals surface area contributed by atoms with E-state index in [2.05, 4.69) is 5.32 Å². The lowest BCUT2D eigenvalue weighted by Crippen LogP contribution is -2.07. The SMILES string of the molecule is Cc1ccc(C(C)Nc2cc(F)ccc2[N+](=O)[O-])o1. The Kier molecular flexibility index (Phi) is 3.50. The molecule has 1 atom stereocenters. The minimum Gasteiger partial charge on any atom is -0.464 e. The van der Waals surface area contributed by atoms with Crippen LogP contribution in [0.1, 0.15) is 24.5 Å². The first-order valence-corrected chi connectivity index (χ1v) is 5.74. The number of hydrogen-bond donors (Lipinski definition) is 1. The Labute approximate surface area is 109 Å². The zero-order chi connectivity index (χ0) is 14.0. The summed E-state index contributed by atoms with van der Waals surface area (Å²) >= 11 is 0. The number of anilines is 1. The van der Waals surface area contributed by atoms with Gasteiger partial charge in [0.05, 0.1) is 11.0 Å². The lowest BCUT2D eigenvalue weighted by molar-refractivity contribution is -0.384. The van der Waals surface area contributed by atoms with Gasteiger partial charge in [0.25, 0.3) is 5.69 Å². The molecule has 0 aliphatic rings. The maximum Gasteiger partial charge on any atom is 0.292 e. The van der Waals surface area contributed by atoms with Gasteiger partial charge in [-0.15, -0.1) is 0 Å². The van der Waals surface area contributed by atoms with Crippen LogP contribution in [0.2, 0.25) is 0 Å². The Morgan fingerprint density at radius 1 is 1.37 bits per heavy atom. The monoisotopic (exact) mass is 264 g/mol. The zero-order valence-corrected chi connectivity index (χ0v) is 10.5. The average Bonchev–Trinajstić information content (AvgIpc) is 2.75. The summed E-state index contributed by atoms with van der Waals surface area (Å²) in [6.45, 7) is 3.59. The second-order valence-corrected chi connectivity index (χ2v) is 4.23. The Bertz CT molecular complexity index is 610. The molecule has 0 aliphatic carbocycles. The molecule has 0 saturated carbocycles. The van der Waals surface area contributed by atoms with Crippen LogP contribution < -0.4 is 5.32 Å². The van der Waals surface area contributed by atoms with Crippen LogP contribution in [0.15, 0.2) is 34.7 Å². The Hall–Kier alpha value is -2.37. The summed E-state index contributed by atoms with van der Waals surface area (Å²) in [4.78, 5) is 10.3. The number of rotatable bonds is 4. The van der Waals surface area contributed by atoms with Crippen LogP contribution in [-0.4, -0.2) is 4.92 Å². The molecule has 0 bridgehead atoms. The van der Waals surface area contributed by atoms with Crippen molar-refractivity contribution in [3.05, 3.63) is 57.8 Å². The quantitative estimate of drug-likeness (QED) is 0.673. The fourth-order valence-corrected chi connectivity index (χ4v) is 1.77. The first-order valence-electron chi connectivity index (χ1n) is 5.74. The molecule has 5 nitrogen and oxygen atoms in total. The topological polar surface area (TPSA) is 68.3 Å². The molecule has 1 heterocycles. The number of furan rings is 1. The highest BCUT2D eigenvalue weighted by Gasteiger charge is 2.18. The Morgan fingerprint density at radius 3 is 2.68 bits per heavy atom. The van der Waals surface area contributed by atoms with Crippen molar-refractivity contribution in [2.24, 2.45) is 0 Å². The van der Waals surface area contributed by atoms with E-state index in [-0.39, 0.29) is 17.4 Å². The Balaban J connectivity index is 2.27. The van der Waals surface area contributed by atoms with Crippen LogP contribution in [0.3, 0.4) is 0 Å². The summed E-state index contributed by atoms with van der Waals surface area (Å²) in [5.41, 5.74) is -0.0388. The fourth-order valence-electron chi connectivity index (χ4n) is 1.77. The number of nitro benzene ring substituents is 1. The van der Waals surface area contributed by atoms with Gasteiger partial charge in [0, 0.05) is 12.1 Å². The van der Waals surface area contributed by atoms with E-state index in [1.165, 1.54) is 0 Å². The molecule has 1 unspecified atom stereocenters. The second kappa shape index (κ2) is 5.09. The maximum atomic E-state index is 13.2. The van der Waals surface area contributed by atoms with Crippen LogP contribution in [-0.2, 0) is 0 Å². The molecule has 0 saturated heterocycles. The predicted molar refractivity (Wildman–Crippen MR) is 68.5 cm³/mol. The molecular formula is C13H13FN2O3. The van der Waals surface area contributed by atoms with Crippen molar-refractivity contribution in [3.63, 3.8) is 0 Å². The average molecular weight is 264 g/mol. The molecule has 0 aliphatic heterocycles. The maximum absolute atomic E-state index is 13.2. The van der Waals surface area contributed by atoms with E-state index in [4.69, 9.17) is 4.42 Å². The number of hydrogen-bond acceptors (Lipinski definition) is 4. The summed E-state index contributed by atoms with van der Waals surface area (Å²) in [7, 11) is 0. The smallest absolute Gasteiger partial charge is 0.292 e. The lowest BCUT2D eigenvalue weighted by atomic mass is 10.2. The molecule has 0 spiro atoms. The van der Waals surface area contributed by atoms with Gasteiger partial charge in [-0.05, 0) is 32.0 Å². The minimum atomic E-state index is -0.554. The molecule has 1 aromatic carbocycles. The molecule has 6 heteroatoms. The largest absolute Gasteiger partial charge is 0.464 e. The van der Waals surface area contributed by atoms with Gasteiger partial charge in [0.1, 0.15) is 23.0 Å². The van der Waals surface area contributed by atoms with E-state index < -0.39 is 10.7 Å². The van der Waals surface area contributed by atoms with Crippen LogP contribution in [0.5, 0.6) is 0 Å². The summed E-state index contributed by atoms with van der Waals surface area (Å²) < 4.78 is 18.6. The molecule has 1 aromatic heterocycles. The van der Waals surface area contributed by atoms with Crippen molar-refractivity contribution in [3.8, 4) is 0 Å². The van der Waals surface area contributed by atoms with Gasteiger partial charge in [-0.3, -0.25) is 10.1 Å². The molecule has 0 fully saturated rings. The number of aryl methyl sites for hydroxylation is 1. The van der Waals surface area contributed by atoms with E-state index >= 15 is 0 Å². The van der Waals surface area contributed by atoms with Crippen molar-refractivity contribution in [2.45, 2.75) is 19.9 Å². The molecule has 19 heavy (non-hydrogen) atoms. The van der Waals surface area contributed by atoms with E-state index in [0.29, 0.717) is 5.76 Å². The van der Waals surface area contributed by atoms with E-state index in [0.717, 1.165) is 24.0 Å². The third-order valence-electron chi connectivity index (χ3n) is 2.72. The second-order valence-electron chi connectivity index (χ2n) is 4.23. The van der Waals surface area contributed by atoms with Crippen molar-refractivity contribution in [1.29, 1.82) is 0 Å². The molecular weight excluding hydrogens is 251 g/mol. The molecule has 2 aromatic rings. The van der Waals surface area contributed by atoms with Gasteiger partial charge in [-0.2, -0.15) is 0 Å². The number of halogens is 1. The van der Waals surface area contributed by atoms with Crippen molar-refractivity contribution >= 4 is 11.4 Å². The third-order valence-corrected chi connectivity index (χ3v) is 2.72. The van der Waals surface area contributed by atoms with Gasteiger partial charge in [0.15, 0.2) is 0 Å². The fraction of sp³-hybridized carbons (Fsp3) is 0.231. The van der Waals surface area contributed by atoms with Crippen molar-refractivity contribution < 1.29 is 13.7 Å². The van der Waals surface area contributed by atoms with Crippen molar-refractivity contribution in [2.75, 3.05) is 5.32 Å². The van der Waals surface area contributed by atoms with E-state index in [1.807, 2.05) is 0 Å². The number of benzene rings is 1. The first kappa shape index (κ1) is 13.1. The molecule has 0 radical (unpaired) electrons. The standard InChI is InChI=1S/C13H13FN2O3/c1-8-3-6-13(19-8)9(2)15-11-7-10(14)4-5-12(11)16(17)18/h3-7,9,15H,1-2H3. The van der Waals surface area contributed by atoms with Crippen LogP contribution >= 0.6 is 0 Å². The van der Waals surface area contributed by atoms with Crippen molar-refractivity contribution in [1.82, 2.24) is 0 Å². The van der Waals surface area contributed by atoms with Crippen LogP contribution in [0.4, 0.5) is 15.8 Å². The molecule has 0 amide bonds. The van der Waals surface area contributed by atoms with Gasteiger partial charge in [-0.1, -0.05) is 0 Å². The van der Waals surface area contributed by atoms with E-state index in [1.54, 1.807) is 26.0 Å². The zero-order valence-electron chi connectivity index (χ0n) is 10.5. The van der Waals surface area contributed by atoms with Gasteiger partial charge in [0.2, 0.25) is 0 Å². The van der Waals surface area contributed by atoms with Crippen LogP contribution in [0.25, 0.3) is 0 Å². The number of nitrogens with zero attached hydrogens (tertiary/aromatic N) is 1. The number of nitro groups is 1. The van der Waals surface area contributed by atoms with Gasteiger partial charge < -0.3 is 9.73 Å². The summed E-state index contributed by atoms with van der Waals surface area (Å²) in [5.74, 6) is 0.851. The highest BCUT2D eigenvalue weighted by atomic mass is 19.1. The lowest BCUT2D eigenvalue weighted by Gasteiger charge is -2.13. The molecule has 100 valence electrons. The Morgan fingerprint density at radius 2 is 2.11 bits per heavy atom. The normalized spacial score (nSPS) is 12.2. The highest BCUT2D eigenvalue weighted by Crippen LogP contribution is 2.29. The first-order chi connectivity index (χ1) is 8.97. The van der Waals surface area contributed by atoms with Gasteiger partial charge in [-0.25, -0.2) is 4.39 Å². The molecule has 2 rings (SSSR count). The van der Waals surface area contributed by atoms with Gasteiger partial charge >= 0.3 is 0 Å².